The van der Waals surface area contributed by atoms with Crippen LogP contribution in [0.3, 0.4) is 0 Å². The Morgan fingerprint density at radius 3 is 2.08 bits per heavy atom. The lowest BCUT2D eigenvalue weighted by Crippen LogP contribution is -2.36. The van der Waals surface area contributed by atoms with Crippen molar-refractivity contribution in [2.24, 2.45) is 35.5 Å². The third-order valence-corrected chi connectivity index (χ3v) is 7.50. The molecule has 1 fully saturated rings. The van der Waals surface area contributed by atoms with E-state index in [1.165, 1.54) is 0 Å². The lowest BCUT2D eigenvalue weighted by molar-refractivity contribution is -0.167. The van der Waals surface area contributed by atoms with Crippen LogP contribution >= 0.6 is 0 Å². The lowest BCUT2D eigenvalue weighted by atomic mass is 9.82. The van der Waals surface area contributed by atoms with Gasteiger partial charge in [0.05, 0.1) is 13.2 Å². The van der Waals surface area contributed by atoms with Gasteiger partial charge in [-0.1, -0.05) is 91.8 Å². The summed E-state index contributed by atoms with van der Waals surface area (Å²) in [6.07, 6.45) is 2.49. The van der Waals surface area contributed by atoms with Crippen molar-refractivity contribution in [2.45, 2.75) is 93.5 Å². The van der Waals surface area contributed by atoms with Crippen LogP contribution in [0.25, 0.3) is 0 Å². The third-order valence-electron chi connectivity index (χ3n) is 7.50. The fraction of sp³-hybridized carbons (Fsp3) is 0.677. The van der Waals surface area contributed by atoms with E-state index in [2.05, 4.69) is 55.4 Å². The zero-order chi connectivity index (χ0) is 26.8. The summed E-state index contributed by atoms with van der Waals surface area (Å²) >= 11 is 0. The first-order valence-corrected chi connectivity index (χ1v) is 13.7. The maximum absolute atomic E-state index is 13.0. The van der Waals surface area contributed by atoms with Crippen LogP contribution in [0, 0.1) is 35.5 Å². The van der Waals surface area contributed by atoms with E-state index in [0.717, 1.165) is 12.0 Å². The molecule has 0 unspecified atom stereocenters. The molecule has 1 aromatic carbocycles. The van der Waals surface area contributed by atoms with Crippen LogP contribution in [0.2, 0.25) is 0 Å². The van der Waals surface area contributed by atoms with Gasteiger partial charge in [0.25, 0.3) is 0 Å². The van der Waals surface area contributed by atoms with Gasteiger partial charge in [-0.05, 0) is 47.5 Å². The molecule has 1 aliphatic heterocycles. The van der Waals surface area contributed by atoms with Gasteiger partial charge in [0, 0.05) is 18.4 Å². The number of rotatable bonds is 14. The Morgan fingerprint density at radius 2 is 1.53 bits per heavy atom. The van der Waals surface area contributed by atoms with Gasteiger partial charge >= 0.3 is 11.9 Å². The Labute approximate surface area is 219 Å². The quantitative estimate of drug-likeness (QED) is 0.203. The van der Waals surface area contributed by atoms with Crippen LogP contribution in [0.4, 0.5) is 0 Å². The fourth-order valence-corrected chi connectivity index (χ4v) is 5.26. The molecule has 5 nitrogen and oxygen atoms in total. The third kappa shape index (κ3) is 9.38. The smallest absolute Gasteiger partial charge is 0.334 e. The molecule has 0 saturated carbocycles. The monoisotopic (exact) mass is 500 g/mol. The summed E-state index contributed by atoms with van der Waals surface area (Å²) in [7, 11) is 0. The molecule has 0 aromatic heterocycles. The van der Waals surface area contributed by atoms with Gasteiger partial charge in [0.15, 0.2) is 6.10 Å². The van der Waals surface area contributed by atoms with E-state index < -0.39 is 12.2 Å². The number of benzene rings is 1. The standard InChI is InChI=1S/C31H48O5/c1-20(2)26(21(3)4)15-14-25-16-28(36-31(25)33)29(19-34-18-24-12-10-9-11-13-24)35-30(32)17-27(22(5)6)23(7)8/h9-14,20-23,26-29H,15-19H2,1-8H3/b25-14+/t28-,29-/m0/s1. The molecule has 36 heavy (non-hydrogen) atoms. The highest BCUT2D eigenvalue weighted by Crippen LogP contribution is 2.30. The summed E-state index contributed by atoms with van der Waals surface area (Å²) in [6.45, 7) is 18.0. The van der Waals surface area contributed by atoms with Crippen LogP contribution < -0.4 is 0 Å². The molecule has 5 heteroatoms. The van der Waals surface area contributed by atoms with E-state index >= 15 is 0 Å². The number of carbonyl (C=O) groups excluding carboxylic acids is 2. The van der Waals surface area contributed by atoms with E-state index in [9.17, 15) is 9.59 Å². The van der Waals surface area contributed by atoms with E-state index in [1.807, 2.05) is 36.4 Å². The second kappa shape index (κ2) is 14.6. The minimum absolute atomic E-state index is 0.181. The van der Waals surface area contributed by atoms with Crippen molar-refractivity contribution in [1.29, 1.82) is 0 Å². The first kappa shape index (κ1) is 30.1. The largest absolute Gasteiger partial charge is 0.456 e. The highest BCUT2D eigenvalue weighted by molar-refractivity contribution is 5.90. The molecule has 1 heterocycles. The van der Waals surface area contributed by atoms with Gasteiger partial charge in [-0.2, -0.15) is 0 Å². The summed E-state index contributed by atoms with van der Waals surface area (Å²) in [4.78, 5) is 25.7. The van der Waals surface area contributed by atoms with E-state index in [1.54, 1.807) is 0 Å². The Balaban J connectivity index is 2.10. The number of esters is 2. The molecule has 0 N–H and O–H groups in total. The van der Waals surface area contributed by atoms with Crippen molar-refractivity contribution < 1.29 is 23.8 Å². The second-order valence-electron chi connectivity index (χ2n) is 11.6. The maximum atomic E-state index is 13.0. The summed E-state index contributed by atoms with van der Waals surface area (Å²) in [5.74, 6) is 1.97. The van der Waals surface area contributed by atoms with E-state index in [0.29, 0.717) is 54.6 Å². The normalized spacial score (nSPS) is 18.3. The average molecular weight is 501 g/mol. The number of carbonyl (C=O) groups is 2. The van der Waals surface area contributed by atoms with Crippen LogP contribution in [-0.2, 0) is 30.4 Å². The molecule has 1 aromatic rings. The molecular weight excluding hydrogens is 452 g/mol. The van der Waals surface area contributed by atoms with E-state index in [-0.39, 0.29) is 24.5 Å². The van der Waals surface area contributed by atoms with Crippen molar-refractivity contribution in [3.05, 3.63) is 47.5 Å². The van der Waals surface area contributed by atoms with Crippen LogP contribution in [0.15, 0.2) is 42.0 Å². The Kier molecular flexibility index (Phi) is 12.2. The first-order chi connectivity index (χ1) is 17.0. The molecule has 0 amide bonds. The van der Waals surface area contributed by atoms with Crippen LogP contribution in [0.5, 0.6) is 0 Å². The molecule has 0 spiro atoms. The predicted molar refractivity (Wildman–Crippen MR) is 144 cm³/mol. The Morgan fingerprint density at radius 1 is 0.944 bits per heavy atom. The van der Waals surface area contributed by atoms with E-state index in [4.69, 9.17) is 14.2 Å². The van der Waals surface area contributed by atoms with Crippen molar-refractivity contribution in [3.63, 3.8) is 0 Å². The van der Waals surface area contributed by atoms with Gasteiger partial charge in [-0.15, -0.1) is 0 Å². The Bertz CT molecular complexity index is 824. The fourth-order valence-electron chi connectivity index (χ4n) is 5.26. The number of hydrogen-bond donors (Lipinski definition) is 0. The van der Waals surface area contributed by atoms with Gasteiger partial charge in [0.1, 0.15) is 6.10 Å². The van der Waals surface area contributed by atoms with Gasteiger partial charge in [0.2, 0.25) is 0 Å². The van der Waals surface area contributed by atoms with Gasteiger partial charge in [-0.25, -0.2) is 4.79 Å². The summed E-state index contributed by atoms with van der Waals surface area (Å²) < 4.78 is 17.6. The topological polar surface area (TPSA) is 61.8 Å². The summed E-state index contributed by atoms with van der Waals surface area (Å²) in [5, 5.41) is 0. The summed E-state index contributed by atoms with van der Waals surface area (Å²) in [5.41, 5.74) is 1.72. The highest BCUT2D eigenvalue weighted by atomic mass is 16.6. The maximum Gasteiger partial charge on any atom is 0.334 e. The van der Waals surface area contributed by atoms with Gasteiger partial charge in [-0.3, -0.25) is 4.79 Å². The van der Waals surface area contributed by atoms with Crippen LogP contribution in [-0.4, -0.2) is 30.8 Å². The number of cyclic esters (lactones) is 1. The average Bonchev–Trinajstić information content (AvgIpc) is 3.17. The molecule has 0 radical (unpaired) electrons. The van der Waals surface area contributed by atoms with Crippen LogP contribution in [0.1, 0.15) is 80.2 Å². The van der Waals surface area contributed by atoms with Crippen molar-refractivity contribution in [3.8, 4) is 0 Å². The molecule has 1 aliphatic rings. The summed E-state index contributed by atoms with van der Waals surface area (Å²) in [6, 6.07) is 9.88. The van der Waals surface area contributed by atoms with Gasteiger partial charge < -0.3 is 14.2 Å². The zero-order valence-electron chi connectivity index (χ0n) is 23.7. The first-order valence-electron chi connectivity index (χ1n) is 13.7. The molecular formula is C31H48O5. The van der Waals surface area contributed by atoms with Crippen molar-refractivity contribution in [2.75, 3.05) is 6.61 Å². The predicted octanol–water partition coefficient (Wildman–Crippen LogP) is 6.99. The highest BCUT2D eigenvalue weighted by Gasteiger charge is 2.38. The molecule has 0 aliphatic carbocycles. The number of allylic oxidation sites excluding steroid dienone is 1. The molecule has 1 saturated heterocycles. The molecule has 2 rings (SSSR count). The Hall–Kier alpha value is -2.14. The zero-order valence-corrected chi connectivity index (χ0v) is 23.7. The van der Waals surface area contributed by atoms with Crippen molar-refractivity contribution in [1.82, 2.24) is 0 Å². The SMILES string of the molecule is CC(C)C(C/C=C1\C[C@@H]([C@H](COCc2ccccc2)OC(=O)CC(C(C)C)C(C)C)OC1=O)C(C)C. The minimum atomic E-state index is -0.637. The molecule has 2 atom stereocenters. The molecule has 202 valence electrons. The lowest BCUT2D eigenvalue weighted by Gasteiger charge is -2.27. The second-order valence-corrected chi connectivity index (χ2v) is 11.6. The number of ether oxygens (including phenoxy) is 3. The number of hydrogen-bond acceptors (Lipinski definition) is 5. The molecule has 0 bridgehead atoms. The van der Waals surface area contributed by atoms with Crippen molar-refractivity contribution >= 4 is 11.9 Å². The minimum Gasteiger partial charge on any atom is -0.456 e.